The summed E-state index contributed by atoms with van der Waals surface area (Å²) in [6.07, 6.45) is 0.543. The fraction of sp³-hybridized carbons (Fsp3) is 0.357. The van der Waals surface area contributed by atoms with Gasteiger partial charge in [-0.2, -0.15) is 0 Å². The van der Waals surface area contributed by atoms with Gasteiger partial charge in [0.15, 0.2) is 5.82 Å². The molecule has 0 saturated heterocycles. The first-order valence-electron chi connectivity index (χ1n) is 6.43. The molecule has 0 atom stereocenters. The smallest absolute Gasteiger partial charge is 0.150 e. The summed E-state index contributed by atoms with van der Waals surface area (Å²) in [6, 6.07) is 7.85. The lowest BCUT2D eigenvalue weighted by atomic mass is 10.2. The normalized spacial score (nSPS) is 10.6. The lowest BCUT2D eigenvalue weighted by Crippen LogP contribution is -2.29. The number of hydrogen-bond donors (Lipinski definition) is 2. The quantitative estimate of drug-likeness (QED) is 0.635. The summed E-state index contributed by atoms with van der Waals surface area (Å²) in [4.78, 5) is 11.4. The van der Waals surface area contributed by atoms with E-state index in [0.29, 0.717) is 13.0 Å². The van der Waals surface area contributed by atoms with E-state index in [1.165, 1.54) is 0 Å². The summed E-state index contributed by atoms with van der Waals surface area (Å²) in [5.41, 5.74) is 8.13. The first kappa shape index (κ1) is 13.3. The van der Waals surface area contributed by atoms with E-state index >= 15 is 0 Å². The third-order valence-electron chi connectivity index (χ3n) is 3.05. The van der Waals surface area contributed by atoms with Gasteiger partial charge in [-0.1, -0.05) is 12.1 Å². The Bertz CT molecular complexity index is 593. The van der Waals surface area contributed by atoms with Crippen LogP contribution in [0.4, 0.5) is 5.82 Å². The zero-order valence-electron chi connectivity index (χ0n) is 11.3. The SMILES string of the molecule is CCN(CCC(=N)N)c1nc2ccccc2nc1C. The lowest BCUT2D eigenvalue weighted by molar-refractivity contribution is 0.808. The summed E-state index contributed by atoms with van der Waals surface area (Å²) < 4.78 is 0. The Kier molecular flexibility index (Phi) is 3.94. The largest absolute Gasteiger partial charge is 0.388 e. The Labute approximate surface area is 113 Å². The first-order valence-corrected chi connectivity index (χ1v) is 6.43. The molecule has 1 heterocycles. The Morgan fingerprint density at radius 1 is 1.26 bits per heavy atom. The van der Waals surface area contributed by atoms with Crippen LogP contribution in [0.3, 0.4) is 0 Å². The van der Waals surface area contributed by atoms with Crippen molar-refractivity contribution in [1.82, 2.24) is 9.97 Å². The third-order valence-corrected chi connectivity index (χ3v) is 3.05. The maximum absolute atomic E-state index is 7.33. The molecular weight excluding hydrogens is 238 g/mol. The molecule has 0 aliphatic heterocycles. The number of nitrogens with zero attached hydrogens (tertiary/aromatic N) is 3. The molecule has 2 rings (SSSR count). The van der Waals surface area contributed by atoms with Crippen LogP contribution >= 0.6 is 0 Å². The number of aromatic nitrogens is 2. The number of amidine groups is 1. The van der Waals surface area contributed by atoms with Gasteiger partial charge in [0.1, 0.15) is 0 Å². The predicted molar refractivity (Wildman–Crippen MR) is 78.7 cm³/mol. The van der Waals surface area contributed by atoms with Gasteiger partial charge in [-0.3, -0.25) is 5.41 Å². The molecule has 1 aromatic carbocycles. The van der Waals surface area contributed by atoms with Crippen LogP contribution in [0.5, 0.6) is 0 Å². The predicted octanol–water partition coefficient (Wildman–Crippen LogP) is 2.09. The fourth-order valence-electron chi connectivity index (χ4n) is 2.05. The monoisotopic (exact) mass is 257 g/mol. The molecule has 3 N–H and O–H groups in total. The molecule has 0 aliphatic rings. The molecule has 1 aromatic heterocycles. The minimum atomic E-state index is 0.199. The fourth-order valence-corrected chi connectivity index (χ4v) is 2.05. The molecule has 0 saturated carbocycles. The van der Waals surface area contributed by atoms with Gasteiger partial charge in [0.2, 0.25) is 0 Å². The molecule has 0 radical (unpaired) electrons. The number of nitrogens with one attached hydrogen (secondary N) is 1. The van der Waals surface area contributed by atoms with Crippen molar-refractivity contribution in [3.05, 3.63) is 30.0 Å². The average molecular weight is 257 g/mol. The second kappa shape index (κ2) is 5.65. The minimum Gasteiger partial charge on any atom is -0.388 e. The Balaban J connectivity index is 2.36. The highest BCUT2D eigenvalue weighted by Gasteiger charge is 2.11. The molecule has 0 aliphatic carbocycles. The summed E-state index contributed by atoms with van der Waals surface area (Å²) in [6.45, 7) is 5.54. The molecule has 0 unspecified atom stereocenters. The average Bonchev–Trinajstić information content (AvgIpc) is 2.39. The van der Waals surface area contributed by atoms with Gasteiger partial charge in [0, 0.05) is 19.5 Å². The topological polar surface area (TPSA) is 78.9 Å². The van der Waals surface area contributed by atoms with Crippen LogP contribution in [-0.4, -0.2) is 28.9 Å². The minimum absolute atomic E-state index is 0.199. The summed E-state index contributed by atoms with van der Waals surface area (Å²) in [7, 11) is 0. The van der Waals surface area contributed by atoms with Crippen molar-refractivity contribution in [3.63, 3.8) is 0 Å². The lowest BCUT2D eigenvalue weighted by Gasteiger charge is -2.23. The first-order chi connectivity index (χ1) is 9.11. The molecular formula is C14H19N5. The van der Waals surface area contributed by atoms with E-state index in [1.807, 2.05) is 31.2 Å². The molecule has 19 heavy (non-hydrogen) atoms. The van der Waals surface area contributed by atoms with Gasteiger partial charge in [-0.25, -0.2) is 9.97 Å². The molecule has 2 aromatic rings. The van der Waals surface area contributed by atoms with E-state index in [2.05, 4.69) is 21.8 Å². The maximum atomic E-state index is 7.33. The number of aryl methyl sites for hydroxylation is 1. The van der Waals surface area contributed by atoms with Crippen LogP contribution in [-0.2, 0) is 0 Å². The van der Waals surface area contributed by atoms with E-state index in [0.717, 1.165) is 29.1 Å². The van der Waals surface area contributed by atoms with Crippen molar-refractivity contribution in [1.29, 1.82) is 5.41 Å². The Hall–Kier alpha value is -2.17. The second-order valence-corrected chi connectivity index (χ2v) is 4.48. The zero-order chi connectivity index (χ0) is 13.8. The Morgan fingerprint density at radius 3 is 2.47 bits per heavy atom. The molecule has 0 fully saturated rings. The van der Waals surface area contributed by atoms with Crippen molar-refractivity contribution in [3.8, 4) is 0 Å². The van der Waals surface area contributed by atoms with Gasteiger partial charge in [0.25, 0.3) is 0 Å². The Morgan fingerprint density at radius 2 is 1.89 bits per heavy atom. The number of para-hydroxylation sites is 2. The van der Waals surface area contributed by atoms with E-state index < -0.39 is 0 Å². The van der Waals surface area contributed by atoms with Crippen molar-refractivity contribution in [2.24, 2.45) is 5.73 Å². The molecule has 0 spiro atoms. The molecule has 0 amide bonds. The molecule has 0 bridgehead atoms. The number of fused-ring (bicyclic) bond motifs is 1. The third kappa shape index (κ3) is 2.99. The van der Waals surface area contributed by atoms with Crippen LogP contribution in [0, 0.1) is 12.3 Å². The highest BCUT2D eigenvalue weighted by atomic mass is 15.2. The van der Waals surface area contributed by atoms with Crippen molar-refractivity contribution >= 4 is 22.7 Å². The van der Waals surface area contributed by atoms with Crippen molar-refractivity contribution in [2.45, 2.75) is 20.3 Å². The van der Waals surface area contributed by atoms with Crippen LogP contribution < -0.4 is 10.6 Å². The molecule has 5 heteroatoms. The summed E-state index contributed by atoms with van der Waals surface area (Å²) in [5, 5.41) is 7.33. The van der Waals surface area contributed by atoms with Gasteiger partial charge in [0.05, 0.1) is 22.6 Å². The summed E-state index contributed by atoms with van der Waals surface area (Å²) in [5.74, 6) is 1.08. The summed E-state index contributed by atoms with van der Waals surface area (Å²) >= 11 is 0. The van der Waals surface area contributed by atoms with E-state index in [1.54, 1.807) is 0 Å². The maximum Gasteiger partial charge on any atom is 0.150 e. The van der Waals surface area contributed by atoms with Gasteiger partial charge in [-0.05, 0) is 26.0 Å². The second-order valence-electron chi connectivity index (χ2n) is 4.48. The molecule has 100 valence electrons. The van der Waals surface area contributed by atoms with Gasteiger partial charge < -0.3 is 10.6 Å². The number of hydrogen-bond acceptors (Lipinski definition) is 4. The van der Waals surface area contributed by atoms with Crippen LogP contribution in [0.1, 0.15) is 19.0 Å². The van der Waals surface area contributed by atoms with E-state index in [9.17, 15) is 0 Å². The highest BCUT2D eigenvalue weighted by molar-refractivity contribution is 5.78. The van der Waals surface area contributed by atoms with Crippen molar-refractivity contribution < 1.29 is 0 Å². The number of nitrogens with two attached hydrogens (primary N) is 1. The van der Waals surface area contributed by atoms with Crippen LogP contribution in [0.2, 0.25) is 0 Å². The molecule has 5 nitrogen and oxygen atoms in total. The van der Waals surface area contributed by atoms with Crippen LogP contribution in [0.25, 0.3) is 11.0 Å². The highest BCUT2D eigenvalue weighted by Crippen LogP contribution is 2.19. The number of rotatable bonds is 5. The van der Waals surface area contributed by atoms with Crippen LogP contribution in [0.15, 0.2) is 24.3 Å². The number of anilines is 1. The van der Waals surface area contributed by atoms with Crippen molar-refractivity contribution in [2.75, 3.05) is 18.0 Å². The standard InChI is InChI=1S/C14H19N5/c1-3-19(9-8-13(15)16)14-10(2)17-11-6-4-5-7-12(11)18-14/h4-7H,3,8-9H2,1-2H3,(H3,15,16). The van der Waals surface area contributed by atoms with E-state index in [4.69, 9.17) is 11.1 Å². The van der Waals surface area contributed by atoms with Gasteiger partial charge in [-0.15, -0.1) is 0 Å². The zero-order valence-corrected chi connectivity index (χ0v) is 11.3. The van der Waals surface area contributed by atoms with E-state index in [-0.39, 0.29) is 5.84 Å². The number of benzene rings is 1. The van der Waals surface area contributed by atoms with Gasteiger partial charge >= 0.3 is 0 Å².